The summed E-state index contributed by atoms with van der Waals surface area (Å²) in [6, 6.07) is 11.2. The molecule has 1 aliphatic heterocycles. The van der Waals surface area contributed by atoms with Crippen LogP contribution in [0.2, 0.25) is 0 Å². The van der Waals surface area contributed by atoms with Crippen molar-refractivity contribution in [2.24, 2.45) is 0 Å². The van der Waals surface area contributed by atoms with Gasteiger partial charge < -0.3 is 14.7 Å². The van der Waals surface area contributed by atoms with Crippen molar-refractivity contribution in [2.45, 2.75) is 49.0 Å². The van der Waals surface area contributed by atoms with Crippen LogP contribution in [0.25, 0.3) is 0 Å². The summed E-state index contributed by atoms with van der Waals surface area (Å²) in [5.41, 5.74) is -2.21. The maximum atomic E-state index is 14.0. The van der Waals surface area contributed by atoms with Gasteiger partial charge in [-0.2, -0.15) is 0 Å². The number of carbonyl (C=O) groups excluding carboxylic acids is 2. The zero-order valence-corrected chi connectivity index (χ0v) is 23.1. The highest BCUT2D eigenvalue weighted by atomic mass is 32.2. The van der Waals surface area contributed by atoms with Gasteiger partial charge in [0, 0.05) is 25.4 Å². The number of carbonyl (C=O) groups is 3. The molecular formula is C25H31N3O7S2. The molecule has 0 spiro atoms. The topological polar surface area (TPSA) is 133 Å². The van der Waals surface area contributed by atoms with Crippen molar-refractivity contribution in [1.29, 1.82) is 0 Å². The number of aliphatic carboxylic acids is 1. The summed E-state index contributed by atoms with van der Waals surface area (Å²) in [7, 11) is -1.53. The summed E-state index contributed by atoms with van der Waals surface area (Å²) in [5.74, 6) is -1.78. The minimum atomic E-state index is -4.55. The van der Waals surface area contributed by atoms with Crippen LogP contribution in [0.5, 0.6) is 5.75 Å². The molecule has 200 valence electrons. The smallest absolute Gasteiger partial charge is 0.414 e. The number of carboxylic acid groups (broad SMARTS) is 1. The highest BCUT2D eigenvalue weighted by Crippen LogP contribution is 2.37. The molecule has 1 heterocycles. The van der Waals surface area contributed by atoms with Crippen molar-refractivity contribution in [3.05, 3.63) is 54.1 Å². The van der Waals surface area contributed by atoms with Gasteiger partial charge in [0.2, 0.25) is 5.54 Å². The van der Waals surface area contributed by atoms with Gasteiger partial charge in [-0.3, -0.25) is 10.1 Å². The Bertz CT molecular complexity index is 1290. The minimum absolute atomic E-state index is 0.0780. The third-order valence-electron chi connectivity index (χ3n) is 5.87. The molecule has 10 nitrogen and oxygen atoms in total. The van der Waals surface area contributed by atoms with E-state index in [9.17, 15) is 27.9 Å². The zero-order valence-electron chi connectivity index (χ0n) is 21.5. The normalized spacial score (nSPS) is 18.5. The summed E-state index contributed by atoms with van der Waals surface area (Å²) in [6.45, 7) is 6.63. The number of nitrogens with zero attached hydrogens (tertiary/aromatic N) is 2. The van der Waals surface area contributed by atoms with Gasteiger partial charge in [-0.25, -0.2) is 22.3 Å². The van der Waals surface area contributed by atoms with Gasteiger partial charge in [-0.15, -0.1) is 11.8 Å². The number of thioether (sulfide) groups is 1. The van der Waals surface area contributed by atoms with Gasteiger partial charge in [0.05, 0.1) is 10.6 Å². The van der Waals surface area contributed by atoms with Gasteiger partial charge in [0.1, 0.15) is 11.1 Å². The number of hydrogen-bond donors (Lipinski definition) is 2. The number of anilines is 1. The molecule has 1 amide bonds. The fourth-order valence-corrected chi connectivity index (χ4v) is 6.90. The van der Waals surface area contributed by atoms with Crippen LogP contribution in [-0.4, -0.2) is 72.6 Å². The molecule has 2 aromatic carbocycles. The third-order valence-corrected chi connectivity index (χ3v) is 9.35. The van der Waals surface area contributed by atoms with E-state index >= 15 is 0 Å². The summed E-state index contributed by atoms with van der Waals surface area (Å²) in [4.78, 5) is 39.5. The number of ketones is 1. The van der Waals surface area contributed by atoms with E-state index in [0.717, 1.165) is 12.5 Å². The molecule has 0 bridgehead atoms. The number of sulfonamides is 1. The Labute approximate surface area is 221 Å². The number of aryl methyl sites for hydroxylation is 1. The first kappa shape index (κ1) is 28.5. The van der Waals surface area contributed by atoms with Crippen LogP contribution < -0.4 is 14.4 Å². The van der Waals surface area contributed by atoms with Crippen LogP contribution in [-0.2, 0) is 19.6 Å². The number of rotatable bonds is 8. The van der Waals surface area contributed by atoms with Gasteiger partial charge in [0.15, 0.2) is 5.78 Å². The number of amides is 1. The maximum absolute atomic E-state index is 14.0. The SMILES string of the molecule is Cc1ccc(S(=O)(=O)N(c2ccc(OC(=O)N(C)C)cc2)[C@@](C)(C(=O)O)C(=O)[C@H]2NC(C)(C)CS2)cc1. The van der Waals surface area contributed by atoms with Crippen LogP contribution in [0.15, 0.2) is 53.4 Å². The molecule has 1 saturated heterocycles. The molecule has 1 fully saturated rings. The number of benzene rings is 2. The molecule has 0 saturated carbocycles. The second-order valence-corrected chi connectivity index (χ2v) is 12.7. The van der Waals surface area contributed by atoms with Crippen LogP contribution >= 0.6 is 11.8 Å². The molecular weight excluding hydrogens is 518 g/mol. The summed E-state index contributed by atoms with van der Waals surface area (Å²) in [6.07, 6.45) is -0.644. The van der Waals surface area contributed by atoms with Crippen molar-refractivity contribution < 1.29 is 32.6 Å². The Morgan fingerprint density at radius 1 is 1.08 bits per heavy atom. The molecule has 2 aromatic rings. The molecule has 2 N–H and O–H groups in total. The van der Waals surface area contributed by atoms with Crippen molar-refractivity contribution in [3.8, 4) is 5.75 Å². The number of hydrogen-bond acceptors (Lipinski definition) is 8. The summed E-state index contributed by atoms with van der Waals surface area (Å²) < 4.78 is 33.8. The fraction of sp³-hybridized carbons (Fsp3) is 0.400. The average molecular weight is 550 g/mol. The van der Waals surface area contributed by atoms with E-state index in [-0.39, 0.29) is 16.3 Å². The molecule has 0 unspecified atom stereocenters. The predicted octanol–water partition coefficient (Wildman–Crippen LogP) is 3.10. The summed E-state index contributed by atoms with van der Waals surface area (Å²) in [5, 5.41) is 12.5. The Morgan fingerprint density at radius 2 is 1.65 bits per heavy atom. The molecule has 0 radical (unpaired) electrons. The molecule has 2 atom stereocenters. The molecule has 0 aromatic heterocycles. The average Bonchev–Trinajstić information content (AvgIpc) is 3.19. The Hall–Kier alpha value is -3.09. The highest BCUT2D eigenvalue weighted by molar-refractivity contribution is 8.01. The van der Waals surface area contributed by atoms with Gasteiger partial charge in [0.25, 0.3) is 10.0 Å². The molecule has 1 aliphatic rings. The van der Waals surface area contributed by atoms with E-state index in [1.807, 2.05) is 13.8 Å². The quantitative estimate of drug-likeness (QED) is 0.477. The number of carboxylic acids is 1. The van der Waals surface area contributed by atoms with Crippen molar-refractivity contribution in [2.75, 3.05) is 24.2 Å². The van der Waals surface area contributed by atoms with Crippen molar-refractivity contribution in [3.63, 3.8) is 0 Å². The first-order chi connectivity index (χ1) is 17.1. The predicted molar refractivity (Wildman–Crippen MR) is 142 cm³/mol. The lowest BCUT2D eigenvalue weighted by Crippen LogP contribution is -2.64. The van der Waals surface area contributed by atoms with Gasteiger partial charge in [-0.05, 0) is 64.1 Å². The lowest BCUT2D eigenvalue weighted by Gasteiger charge is -2.38. The van der Waals surface area contributed by atoms with E-state index in [2.05, 4.69) is 5.32 Å². The Kier molecular flexibility index (Phi) is 7.96. The van der Waals surface area contributed by atoms with E-state index in [1.54, 1.807) is 19.1 Å². The monoisotopic (exact) mass is 549 g/mol. The van der Waals surface area contributed by atoms with Crippen molar-refractivity contribution in [1.82, 2.24) is 10.2 Å². The second-order valence-electron chi connectivity index (χ2n) is 9.80. The number of Topliss-reactive ketones (excluding diaryl/α,β-unsaturated/α-hetero) is 1. The molecule has 12 heteroatoms. The lowest BCUT2D eigenvalue weighted by atomic mass is 9.94. The highest BCUT2D eigenvalue weighted by Gasteiger charge is 2.56. The Morgan fingerprint density at radius 3 is 2.11 bits per heavy atom. The molecule has 3 rings (SSSR count). The summed E-state index contributed by atoms with van der Waals surface area (Å²) >= 11 is 1.23. The van der Waals surface area contributed by atoms with Crippen LogP contribution in [0.3, 0.4) is 0 Å². The first-order valence-corrected chi connectivity index (χ1v) is 13.9. The minimum Gasteiger partial charge on any atom is -0.479 e. The van der Waals surface area contributed by atoms with Crippen LogP contribution in [0.4, 0.5) is 10.5 Å². The largest absolute Gasteiger partial charge is 0.479 e. The van der Waals surface area contributed by atoms with Gasteiger partial charge >= 0.3 is 12.1 Å². The molecule has 37 heavy (non-hydrogen) atoms. The van der Waals surface area contributed by atoms with E-state index in [1.165, 1.54) is 67.2 Å². The van der Waals surface area contributed by atoms with Crippen LogP contribution in [0, 0.1) is 6.92 Å². The van der Waals surface area contributed by atoms with E-state index in [4.69, 9.17) is 4.74 Å². The fourth-order valence-electron chi connectivity index (χ4n) is 3.71. The second kappa shape index (κ2) is 10.3. The number of nitrogens with one attached hydrogen (secondary N) is 1. The Balaban J connectivity index is 2.17. The number of ether oxygens (including phenoxy) is 1. The first-order valence-electron chi connectivity index (χ1n) is 11.4. The van der Waals surface area contributed by atoms with Crippen molar-refractivity contribution >= 4 is 45.3 Å². The van der Waals surface area contributed by atoms with Gasteiger partial charge in [-0.1, -0.05) is 17.7 Å². The maximum Gasteiger partial charge on any atom is 0.414 e. The standard InChI is InChI=1S/C25H31N3O7S2/c1-16-7-13-19(14-8-16)37(33,34)28(17-9-11-18(12-10-17)35-23(32)27(5)6)25(4,22(30)31)20(29)21-26-24(2,3)15-36-21/h7-14,21,26H,15H2,1-6H3,(H,30,31)/t21-,25+/m0/s1. The van der Waals surface area contributed by atoms with E-state index in [0.29, 0.717) is 10.1 Å². The lowest BCUT2D eigenvalue weighted by molar-refractivity contribution is -0.147. The third kappa shape index (κ3) is 5.76. The van der Waals surface area contributed by atoms with E-state index < -0.39 is 44.3 Å². The van der Waals surface area contributed by atoms with Crippen LogP contribution in [0.1, 0.15) is 26.3 Å². The molecule has 0 aliphatic carbocycles. The zero-order chi connectivity index (χ0) is 27.8.